The first-order valence-corrected chi connectivity index (χ1v) is 13.4. The van der Waals surface area contributed by atoms with Crippen LogP contribution in [0.1, 0.15) is 39.5 Å². The molecule has 8 heteroatoms. The fourth-order valence-electron chi connectivity index (χ4n) is 4.79. The van der Waals surface area contributed by atoms with E-state index in [1.165, 1.54) is 7.11 Å². The Morgan fingerprint density at radius 1 is 0.805 bits per heavy atom. The van der Waals surface area contributed by atoms with Crippen molar-refractivity contribution in [2.75, 3.05) is 17.7 Å². The Morgan fingerprint density at radius 3 is 2.05 bits per heavy atom. The number of amides is 3. The molecule has 0 heterocycles. The van der Waals surface area contributed by atoms with Crippen LogP contribution in [0.5, 0.6) is 0 Å². The number of urea groups is 1. The number of rotatable bonds is 9. The largest absolute Gasteiger partial charge is 0.467 e. The minimum Gasteiger partial charge on any atom is -0.467 e. The summed E-state index contributed by atoms with van der Waals surface area (Å²) in [4.78, 5) is 39.5. The van der Waals surface area contributed by atoms with E-state index in [1.54, 1.807) is 19.1 Å². The number of benzene rings is 4. The van der Waals surface area contributed by atoms with Gasteiger partial charge in [-0.25, -0.2) is 9.59 Å². The van der Waals surface area contributed by atoms with Gasteiger partial charge < -0.3 is 25.4 Å². The Morgan fingerprint density at radius 2 is 1.41 bits per heavy atom. The summed E-state index contributed by atoms with van der Waals surface area (Å²) in [5.74, 6) is -1.20. The topological polar surface area (TPSA) is 106 Å². The van der Waals surface area contributed by atoms with Crippen molar-refractivity contribution < 1.29 is 23.9 Å². The molecule has 4 aromatic carbocycles. The average molecular weight is 554 g/mol. The van der Waals surface area contributed by atoms with E-state index in [4.69, 9.17) is 9.47 Å². The van der Waals surface area contributed by atoms with E-state index in [0.29, 0.717) is 11.4 Å². The van der Waals surface area contributed by atoms with Gasteiger partial charge in [0.1, 0.15) is 0 Å². The summed E-state index contributed by atoms with van der Waals surface area (Å²) in [5.41, 5.74) is 5.08. The quantitative estimate of drug-likeness (QED) is 0.211. The van der Waals surface area contributed by atoms with Gasteiger partial charge in [0.15, 0.2) is 6.04 Å². The Labute approximate surface area is 240 Å². The molecule has 2 atom stereocenters. The smallest absolute Gasteiger partial charge is 0.331 e. The number of methoxy groups -OCH3 is 1. The fraction of sp³-hybridized carbons (Fsp3) is 0.242. The zero-order valence-electron chi connectivity index (χ0n) is 23.9. The van der Waals surface area contributed by atoms with E-state index in [9.17, 15) is 14.4 Å². The molecule has 4 rings (SSSR count). The molecule has 4 aromatic rings. The van der Waals surface area contributed by atoms with E-state index in [1.807, 2.05) is 87.5 Å². The van der Waals surface area contributed by atoms with Gasteiger partial charge in [0.2, 0.25) is 0 Å². The van der Waals surface area contributed by atoms with Gasteiger partial charge >= 0.3 is 12.0 Å². The molecule has 0 saturated carbocycles. The Balaban J connectivity index is 1.59. The highest BCUT2D eigenvalue weighted by atomic mass is 16.5. The number of anilines is 2. The Kier molecular flexibility index (Phi) is 9.37. The van der Waals surface area contributed by atoms with Crippen molar-refractivity contribution in [1.82, 2.24) is 5.32 Å². The SMILES string of the molecule is COC(=O)[C@@H](NC(=O)c1cc2ccccc2cc1NC(=O)Nc1c(C)cc(C)cc1C)C(C)OCc1ccccc1. The minimum absolute atomic E-state index is 0.195. The van der Waals surface area contributed by atoms with Crippen LogP contribution in [0.25, 0.3) is 10.8 Å². The average Bonchev–Trinajstić information content (AvgIpc) is 2.96. The second-order valence-electron chi connectivity index (χ2n) is 10.1. The summed E-state index contributed by atoms with van der Waals surface area (Å²) in [6.45, 7) is 7.81. The summed E-state index contributed by atoms with van der Waals surface area (Å²) >= 11 is 0. The van der Waals surface area contributed by atoms with Crippen LogP contribution >= 0.6 is 0 Å². The maximum atomic E-state index is 13.7. The molecule has 0 bridgehead atoms. The third-order valence-electron chi connectivity index (χ3n) is 6.86. The molecule has 0 saturated heterocycles. The first kappa shape index (κ1) is 29.3. The number of esters is 1. The zero-order valence-corrected chi connectivity index (χ0v) is 23.9. The lowest BCUT2D eigenvalue weighted by atomic mass is 10.0. The van der Waals surface area contributed by atoms with Crippen molar-refractivity contribution in [1.29, 1.82) is 0 Å². The number of fused-ring (bicyclic) bond motifs is 1. The molecular weight excluding hydrogens is 518 g/mol. The van der Waals surface area contributed by atoms with Crippen molar-refractivity contribution in [3.8, 4) is 0 Å². The minimum atomic E-state index is -1.08. The Bertz CT molecular complexity index is 1550. The predicted octanol–water partition coefficient (Wildman–Crippen LogP) is 6.29. The molecule has 0 fully saturated rings. The number of carbonyl (C=O) groups excluding carboxylic acids is 3. The number of hydrogen-bond acceptors (Lipinski definition) is 5. The Hall–Kier alpha value is -4.69. The molecular formula is C33H35N3O5. The van der Waals surface area contributed by atoms with E-state index in [0.717, 1.165) is 33.0 Å². The summed E-state index contributed by atoms with van der Waals surface area (Å²) in [6.07, 6.45) is -0.695. The van der Waals surface area contributed by atoms with Crippen LogP contribution in [0.4, 0.5) is 16.2 Å². The summed E-state index contributed by atoms with van der Waals surface area (Å²) in [5, 5.41) is 10.2. The van der Waals surface area contributed by atoms with Gasteiger partial charge in [-0.1, -0.05) is 72.3 Å². The van der Waals surface area contributed by atoms with E-state index >= 15 is 0 Å². The van der Waals surface area contributed by atoms with Gasteiger partial charge in [-0.2, -0.15) is 0 Å². The summed E-state index contributed by atoms with van der Waals surface area (Å²) in [6, 6.07) is 22.9. The van der Waals surface area contributed by atoms with Crippen LogP contribution in [-0.4, -0.2) is 37.2 Å². The molecule has 1 unspecified atom stereocenters. The number of hydrogen-bond donors (Lipinski definition) is 3. The molecule has 0 aliphatic rings. The molecule has 212 valence electrons. The number of aryl methyl sites for hydroxylation is 3. The third kappa shape index (κ3) is 7.29. The van der Waals surface area contributed by atoms with Gasteiger partial charge in [-0.15, -0.1) is 0 Å². The molecule has 41 heavy (non-hydrogen) atoms. The van der Waals surface area contributed by atoms with Crippen molar-refractivity contribution in [2.24, 2.45) is 0 Å². The number of ether oxygens (including phenoxy) is 2. The van der Waals surface area contributed by atoms with Crippen LogP contribution in [-0.2, 0) is 20.9 Å². The molecule has 0 aliphatic carbocycles. The van der Waals surface area contributed by atoms with Crippen LogP contribution in [0.15, 0.2) is 78.9 Å². The molecule has 0 spiro atoms. The maximum Gasteiger partial charge on any atom is 0.331 e. The molecule has 0 radical (unpaired) electrons. The molecule has 3 amide bonds. The summed E-state index contributed by atoms with van der Waals surface area (Å²) < 4.78 is 10.9. The first-order valence-electron chi connectivity index (χ1n) is 13.4. The molecule has 8 nitrogen and oxygen atoms in total. The van der Waals surface area contributed by atoms with Gasteiger partial charge in [-0.05, 0) is 67.3 Å². The van der Waals surface area contributed by atoms with Crippen LogP contribution < -0.4 is 16.0 Å². The van der Waals surface area contributed by atoms with Crippen LogP contribution in [0.2, 0.25) is 0 Å². The van der Waals surface area contributed by atoms with Crippen molar-refractivity contribution in [2.45, 2.75) is 46.4 Å². The lowest BCUT2D eigenvalue weighted by Crippen LogP contribution is -2.49. The predicted molar refractivity (Wildman–Crippen MR) is 161 cm³/mol. The number of carbonyl (C=O) groups is 3. The van der Waals surface area contributed by atoms with Gasteiger partial charge in [0.25, 0.3) is 5.91 Å². The van der Waals surface area contributed by atoms with E-state index in [-0.39, 0.29) is 12.2 Å². The highest BCUT2D eigenvalue weighted by Crippen LogP contribution is 2.26. The van der Waals surface area contributed by atoms with E-state index < -0.39 is 30.1 Å². The second kappa shape index (κ2) is 13.1. The molecule has 3 N–H and O–H groups in total. The van der Waals surface area contributed by atoms with E-state index in [2.05, 4.69) is 16.0 Å². The highest BCUT2D eigenvalue weighted by Gasteiger charge is 2.30. The second-order valence-corrected chi connectivity index (χ2v) is 10.1. The third-order valence-corrected chi connectivity index (χ3v) is 6.86. The first-order chi connectivity index (χ1) is 19.7. The monoisotopic (exact) mass is 553 g/mol. The van der Waals surface area contributed by atoms with Crippen LogP contribution in [0.3, 0.4) is 0 Å². The lowest BCUT2D eigenvalue weighted by molar-refractivity contribution is -0.147. The zero-order chi connectivity index (χ0) is 29.5. The normalized spacial score (nSPS) is 12.3. The molecule has 0 aliphatic heterocycles. The van der Waals surface area contributed by atoms with Crippen molar-refractivity contribution in [3.63, 3.8) is 0 Å². The highest BCUT2D eigenvalue weighted by molar-refractivity contribution is 6.10. The maximum absolute atomic E-state index is 13.7. The van der Waals surface area contributed by atoms with Gasteiger partial charge in [0, 0.05) is 5.69 Å². The van der Waals surface area contributed by atoms with Gasteiger partial charge in [0.05, 0.1) is 31.1 Å². The lowest BCUT2D eigenvalue weighted by Gasteiger charge is -2.24. The summed E-state index contributed by atoms with van der Waals surface area (Å²) in [7, 11) is 1.26. The fourth-order valence-corrected chi connectivity index (χ4v) is 4.79. The van der Waals surface area contributed by atoms with Crippen molar-refractivity contribution in [3.05, 3.63) is 107 Å². The standard InChI is InChI=1S/C33H35N3O5/c1-20-15-21(2)29(22(3)16-20)36-33(39)34-28-18-26-14-10-9-13-25(26)17-27(28)31(37)35-30(32(38)40-5)23(4)41-19-24-11-7-6-8-12-24/h6-18,23,30H,19H2,1-5H3,(H,35,37)(H2,34,36,39)/t23?,30-/m0/s1. The number of nitrogens with one attached hydrogen (secondary N) is 3. The van der Waals surface area contributed by atoms with Crippen molar-refractivity contribution >= 4 is 40.1 Å². The van der Waals surface area contributed by atoms with Gasteiger partial charge in [-0.3, -0.25) is 4.79 Å². The molecule has 0 aromatic heterocycles. The van der Waals surface area contributed by atoms with Crippen LogP contribution in [0, 0.1) is 20.8 Å².